The lowest BCUT2D eigenvalue weighted by molar-refractivity contribution is -0.117. The van der Waals surface area contributed by atoms with Crippen molar-refractivity contribution in [1.82, 2.24) is 10.3 Å². The summed E-state index contributed by atoms with van der Waals surface area (Å²) in [5, 5.41) is 3.23. The van der Waals surface area contributed by atoms with Gasteiger partial charge in [0.05, 0.1) is 0 Å². The molecule has 30 heavy (non-hydrogen) atoms. The molecule has 1 aliphatic carbocycles. The first kappa shape index (κ1) is 22.1. The Labute approximate surface area is 181 Å². The van der Waals surface area contributed by atoms with Crippen LogP contribution in [0.4, 0.5) is 5.69 Å². The third-order valence-electron chi connectivity index (χ3n) is 5.80. The SMILES string of the molecule is CC(=O)N(c1cc(Cl)cc(C(=O)NCc2c(C)cc(C)[nH]c2=O)c1C)C1CCCC1. The Morgan fingerprint density at radius 3 is 2.43 bits per heavy atom. The molecule has 0 aliphatic heterocycles. The maximum atomic E-state index is 13.0. The molecule has 1 aliphatic rings. The van der Waals surface area contributed by atoms with E-state index in [9.17, 15) is 14.4 Å². The molecule has 1 saturated carbocycles. The summed E-state index contributed by atoms with van der Waals surface area (Å²) >= 11 is 6.33. The number of benzene rings is 1. The van der Waals surface area contributed by atoms with Crippen molar-refractivity contribution in [2.24, 2.45) is 0 Å². The first-order valence-electron chi connectivity index (χ1n) is 10.3. The van der Waals surface area contributed by atoms with E-state index in [1.807, 2.05) is 26.8 Å². The van der Waals surface area contributed by atoms with Crippen molar-refractivity contribution in [3.05, 3.63) is 61.5 Å². The zero-order valence-corrected chi connectivity index (χ0v) is 18.7. The number of aryl methyl sites for hydroxylation is 2. The average molecular weight is 430 g/mol. The van der Waals surface area contributed by atoms with Gasteiger partial charge in [-0.3, -0.25) is 14.4 Å². The molecule has 0 bridgehead atoms. The summed E-state index contributed by atoms with van der Waals surface area (Å²) in [6.07, 6.45) is 4.07. The highest BCUT2D eigenvalue weighted by Crippen LogP contribution is 2.34. The van der Waals surface area contributed by atoms with Crippen molar-refractivity contribution in [2.75, 3.05) is 4.90 Å². The molecule has 0 atom stereocenters. The number of halogens is 1. The third-order valence-corrected chi connectivity index (χ3v) is 6.02. The average Bonchev–Trinajstić information content (AvgIpc) is 3.17. The van der Waals surface area contributed by atoms with Crippen LogP contribution in [0.5, 0.6) is 0 Å². The van der Waals surface area contributed by atoms with Gasteiger partial charge in [-0.2, -0.15) is 0 Å². The molecule has 7 heteroatoms. The molecule has 1 aromatic heterocycles. The van der Waals surface area contributed by atoms with Crippen LogP contribution in [-0.2, 0) is 11.3 Å². The van der Waals surface area contributed by atoms with Gasteiger partial charge in [0.15, 0.2) is 0 Å². The molecule has 0 saturated heterocycles. The number of nitrogens with zero attached hydrogens (tertiary/aromatic N) is 1. The summed E-state index contributed by atoms with van der Waals surface area (Å²) in [5.41, 5.74) is 3.70. The van der Waals surface area contributed by atoms with E-state index in [-0.39, 0.29) is 30.0 Å². The number of aromatic amines is 1. The standard InChI is InChI=1S/C23H28ClN3O3/c1-13-9-14(2)26-23(30)20(13)12-25-22(29)19-10-17(24)11-21(15(19)3)27(16(4)28)18-7-5-6-8-18/h9-11,18H,5-8,12H2,1-4H3,(H,25,29)(H,26,30). The van der Waals surface area contributed by atoms with Crippen LogP contribution in [0.25, 0.3) is 0 Å². The van der Waals surface area contributed by atoms with E-state index in [2.05, 4.69) is 10.3 Å². The fourth-order valence-electron chi connectivity index (χ4n) is 4.30. The minimum atomic E-state index is -0.328. The Bertz CT molecular complexity index is 1040. The molecule has 2 aromatic rings. The molecule has 0 unspecified atom stereocenters. The van der Waals surface area contributed by atoms with Crippen LogP contribution < -0.4 is 15.8 Å². The summed E-state index contributed by atoms with van der Waals surface area (Å²) in [7, 11) is 0. The molecule has 2 amide bonds. The number of pyridine rings is 1. The highest BCUT2D eigenvalue weighted by Gasteiger charge is 2.28. The lowest BCUT2D eigenvalue weighted by Crippen LogP contribution is -2.38. The quantitative estimate of drug-likeness (QED) is 0.747. The molecule has 1 fully saturated rings. The maximum Gasteiger partial charge on any atom is 0.253 e. The van der Waals surface area contributed by atoms with Crippen molar-refractivity contribution in [3.63, 3.8) is 0 Å². The number of carbonyl (C=O) groups excluding carboxylic acids is 2. The van der Waals surface area contributed by atoms with E-state index in [1.54, 1.807) is 24.0 Å². The van der Waals surface area contributed by atoms with Crippen molar-refractivity contribution in [3.8, 4) is 0 Å². The van der Waals surface area contributed by atoms with Gasteiger partial charge >= 0.3 is 0 Å². The zero-order valence-electron chi connectivity index (χ0n) is 17.9. The number of hydrogen-bond acceptors (Lipinski definition) is 3. The Kier molecular flexibility index (Phi) is 6.66. The van der Waals surface area contributed by atoms with Crippen molar-refractivity contribution >= 4 is 29.1 Å². The summed E-state index contributed by atoms with van der Waals surface area (Å²) < 4.78 is 0. The number of H-pyrrole nitrogens is 1. The van der Waals surface area contributed by atoms with Crippen LogP contribution in [-0.4, -0.2) is 22.8 Å². The molecule has 0 radical (unpaired) electrons. The third kappa shape index (κ3) is 4.59. The largest absolute Gasteiger partial charge is 0.348 e. The van der Waals surface area contributed by atoms with Crippen LogP contribution in [0.15, 0.2) is 23.0 Å². The van der Waals surface area contributed by atoms with E-state index in [1.165, 1.54) is 0 Å². The number of rotatable bonds is 5. The van der Waals surface area contributed by atoms with Gasteiger partial charge in [0, 0.05) is 47.0 Å². The van der Waals surface area contributed by atoms with Crippen LogP contribution in [0, 0.1) is 20.8 Å². The Morgan fingerprint density at radius 2 is 1.83 bits per heavy atom. The first-order valence-corrected chi connectivity index (χ1v) is 10.6. The zero-order chi connectivity index (χ0) is 22.0. The van der Waals surface area contributed by atoms with Crippen LogP contribution >= 0.6 is 11.6 Å². The van der Waals surface area contributed by atoms with E-state index in [4.69, 9.17) is 11.6 Å². The number of anilines is 1. The number of amides is 2. The monoisotopic (exact) mass is 429 g/mol. The summed E-state index contributed by atoms with van der Waals surface area (Å²) in [6, 6.07) is 5.36. The fourth-order valence-corrected chi connectivity index (χ4v) is 4.51. The van der Waals surface area contributed by atoms with Gasteiger partial charge in [0.2, 0.25) is 5.91 Å². The molecule has 6 nitrogen and oxygen atoms in total. The summed E-state index contributed by atoms with van der Waals surface area (Å²) in [6.45, 7) is 7.15. The minimum Gasteiger partial charge on any atom is -0.348 e. The second-order valence-electron chi connectivity index (χ2n) is 8.05. The fraction of sp³-hybridized carbons (Fsp3) is 0.435. The van der Waals surface area contributed by atoms with E-state index in [0.29, 0.717) is 27.4 Å². The van der Waals surface area contributed by atoms with Crippen LogP contribution in [0.1, 0.15) is 65.3 Å². The number of aromatic nitrogens is 1. The lowest BCUT2D eigenvalue weighted by Gasteiger charge is -2.30. The second-order valence-corrected chi connectivity index (χ2v) is 8.49. The van der Waals surface area contributed by atoms with Gasteiger partial charge in [-0.15, -0.1) is 0 Å². The minimum absolute atomic E-state index is 0.0551. The van der Waals surface area contributed by atoms with Crippen molar-refractivity contribution in [2.45, 2.75) is 66.0 Å². The molecular weight excluding hydrogens is 402 g/mol. The first-order chi connectivity index (χ1) is 14.2. The second kappa shape index (κ2) is 9.04. The van der Waals surface area contributed by atoms with Gasteiger partial charge in [-0.05, 0) is 62.9 Å². The van der Waals surface area contributed by atoms with Gasteiger partial charge in [-0.1, -0.05) is 24.4 Å². The molecule has 0 spiro atoms. The molecule has 2 N–H and O–H groups in total. The van der Waals surface area contributed by atoms with Crippen LogP contribution in [0.3, 0.4) is 0 Å². The number of nitrogens with one attached hydrogen (secondary N) is 2. The van der Waals surface area contributed by atoms with E-state index >= 15 is 0 Å². The van der Waals surface area contributed by atoms with Gasteiger partial charge in [0.25, 0.3) is 11.5 Å². The maximum absolute atomic E-state index is 13.0. The lowest BCUT2D eigenvalue weighted by atomic mass is 10.0. The predicted molar refractivity (Wildman–Crippen MR) is 119 cm³/mol. The smallest absolute Gasteiger partial charge is 0.253 e. The van der Waals surface area contributed by atoms with Crippen molar-refractivity contribution in [1.29, 1.82) is 0 Å². The highest BCUT2D eigenvalue weighted by molar-refractivity contribution is 6.31. The van der Waals surface area contributed by atoms with E-state index in [0.717, 1.165) is 36.9 Å². The van der Waals surface area contributed by atoms with E-state index < -0.39 is 0 Å². The van der Waals surface area contributed by atoms with Gasteiger partial charge < -0.3 is 15.2 Å². The highest BCUT2D eigenvalue weighted by atomic mass is 35.5. The van der Waals surface area contributed by atoms with Gasteiger partial charge in [-0.25, -0.2) is 0 Å². The molecule has 160 valence electrons. The predicted octanol–water partition coefficient (Wildman–Crippen LogP) is 4.18. The summed E-state index contributed by atoms with van der Waals surface area (Å²) in [5.74, 6) is -0.383. The molecule has 3 rings (SSSR count). The normalized spacial score (nSPS) is 14.0. The Balaban J connectivity index is 1.90. The Morgan fingerprint density at radius 1 is 1.17 bits per heavy atom. The van der Waals surface area contributed by atoms with Crippen LogP contribution in [0.2, 0.25) is 5.02 Å². The Hall–Kier alpha value is -2.60. The molecular formula is C23H28ClN3O3. The van der Waals surface area contributed by atoms with Gasteiger partial charge in [0.1, 0.15) is 0 Å². The molecule has 1 heterocycles. The summed E-state index contributed by atoms with van der Waals surface area (Å²) in [4.78, 5) is 42.2. The van der Waals surface area contributed by atoms with Crippen molar-refractivity contribution < 1.29 is 9.59 Å². The number of carbonyl (C=O) groups is 2. The number of hydrogen-bond donors (Lipinski definition) is 2. The molecule has 1 aromatic carbocycles. The topological polar surface area (TPSA) is 82.3 Å².